The highest BCUT2D eigenvalue weighted by atomic mass is 16.4. The minimum Gasteiger partial charge on any atom is -0.480 e. The number of hydrogen-bond acceptors (Lipinski definition) is 3. The number of nitrogens with zero attached hydrogens (tertiary/aromatic N) is 1. The first-order chi connectivity index (χ1) is 7.67. The second-order valence-electron chi connectivity index (χ2n) is 4.53. The zero-order chi connectivity index (χ0) is 13.6. The van der Waals surface area contributed by atoms with Gasteiger partial charge in [-0.15, -0.1) is 6.58 Å². The molecule has 0 spiro atoms. The zero-order valence-corrected chi connectivity index (χ0v) is 10.4. The molecule has 0 aliphatic rings. The van der Waals surface area contributed by atoms with Gasteiger partial charge in [0.1, 0.15) is 6.04 Å². The summed E-state index contributed by atoms with van der Waals surface area (Å²) in [4.78, 5) is 23.7. The van der Waals surface area contributed by atoms with Crippen LogP contribution in [0.3, 0.4) is 0 Å². The van der Waals surface area contributed by atoms with Gasteiger partial charge < -0.3 is 20.4 Å². The van der Waals surface area contributed by atoms with Gasteiger partial charge in [-0.3, -0.25) is 0 Å². The summed E-state index contributed by atoms with van der Waals surface area (Å²) in [5.74, 6) is -1.12. The van der Waals surface area contributed by atoms with Crippen LogP contribution < -0.4 is 5.32 Å². The monoisotopic (exact) mass is 244 g/mol. The van der Waals surface area contributed by atoms with Gasteiger partial charge in [-0.1, -0.05) is 6.08 Å². The molecule has 6 heteroatoms. The Kier molecular flexibility index (Phi) is 5.67. The Bertz CT molecular complexity index is 296. The Morgan fingerprint density at radius 1 is 1.53 bits per heavy atom. The van der Waals surface area contributed by atoms with Crippen molar-refractivity contribution in [3.8, 4) is 0 Å². The average molecular weight is 244 g/mol. The number of carboxylic acids is 1. The van der Waals surface area contributed by atoms with Crippen LogP contribution in [-0.4, -0.2) is 52.3 Å². The van der Waals surface area contributed by atoms with Crippen molar-refractivity contribution < 1.29 is 19.8 Å². The van der Waals surface area contributed by atoms with E-state index in [2.05, 4.69) is 11.9 Å². The third-order valence-corrected chi connectivity index (χ3v) is 1.97. The van der Waals surface area contributed by atoms with Crippen LogP contribution in [0, 0.1) is 0 Å². The highest BCUT2D eigenvalue weighted by Gasteiger charge is 2.23. The third kappa shape index (κ3) is 6.57. The number of urea groups is 1. The fourth-order valence-corrected chi connectivity index (χ4v) is 1.30. The minimum absolute atomic E-state index is 0.110. The topological polar surface area (TPSA) is 89.9 Å². The van der Waals surface area contributed by atoms with Crippen LogP contribution in [0.25, 0.3) is 0 Å². The van der Waals surface area contributed by atoms with Crippen LogP contribution in [0.15, 0.2) is 12.7 Å². The number of carbonyl (C=O) groups excluding carboxylic acids is 1. The first-order valence-corrected chi connectivity index (χ1v) is 5.25. The van der Waals surface area contributed by atoms with Crippen molar-refractivity contribution in [3.63, 3.8) is 0 Å². The highest BCUT2D eigenvalue weighted by Crippen LogP contribution is 2.04. The molecule has 0 aromatic carbocycles. The van der Waals surface area contributed by atoms with Crippen LogP contribution >= 0.6 is 0 Å². The molecule has 0 bridgehead atoms. The normalized spacial score (nSPS) is 12.7. The lowest BCUT2D eigenvalue weighted by Gasteiger charge is -2.26. The molecule has 98 valence electrons. The van der Waals surface area contributed by atoms with Crippen molar-refractivity contribution in [2.24, 2.45) is 0 Å². The average Bonchev–Trinajstić information content (AvgIpc) is 2.13. The van der Waals surface area contributed by atoms with Crippen molar-refractivity contribution >= 4 is 12.0 Å². The van der Waals surface area contributed by atoms with Crippen molar-refractivity contribution in [2.45, 2.75) is 31.9 Å². The van der Waals surface area contributed by atoms with E-state index in [-0.39, 0.29) is 13.0 Å². The predicted molar refractivity (Wildman–Crippen MR) is 63.7 cm³/mol. The molecule has 0 rings (SSSR count). The van der Waals surface area contributed by atoms with Crippen LogP contribution in [-0.2, 0) is 4.79 Å². The molecule has 17 heavy (non-hydrogen) atoms. The van der Waals surface area contributed by atoms with Gasteiger partial charge in [-0.2, -0.15) is 0 Å². The SMILES string of the molecule is C=CCC(NC(=O)N(C)CC(C)(C)O)C(=O)O. The van der Waals surface area contributed by atoms with Crippen molar-refractivity contribution in [3.05, 3.63) is 12.7 Å². The van der Waals surface area contributed by atoms with E-state index in [9.17, 15) is 14.7 Å². The van der Waals surface area contributed by atoms with Gasteiger partial charge in [0.15, 0.2) is 0 Å². The summed E-state index contributed by atoms with van der Waals surface area (Å²) >= 11 is 0. The van der Waals surface area contributed by atoms with E-state index in [0.29, 0.717) is 0 Å². The maximum Gasteiger partial charge on any atom is 0.326 e. The number of amides is 2. The summed E-state index contributed by atoms with van der Waals surface area (Å²) in [5, 5.41) is 20.7. The third-order valence-electron chi connectivity index (χ3n) is 1.97. The smallest absolute Gasteiger partial charge is 0.326 e. The van der Waals surface area contributed by atoms with Gasteiger partial charge in [-0.05, 0) is 20.3 Å². The molecule has 0 aromatic heterocycles. The second kappa shape index (κ2) is 6.24. The maximum atomic E-state index is 11.6. The molecule has 0 saturated carbocycles. The quantitative estimate of drug-likeness (QED) is 0.591. The maximum absolute atomic E-state index is 11.6. The Balaban J connectivity index is 4.40. The Morgan fingerprint density at radius 2 is 2.06 bits per heavy atom. The first kappa shape index (κ1) is 15.4. The van der Waals surface area contributed by atoms with E-state index < -0.39 is 23.6 Å². The summed E-state index contributed by atoms with van der Waals surface area (Å²) in [6.07, 6.45) is 1.58. The van der Waals surface area contributed by atoms with E-state index in [0.717, 1.165) is 0 Å². The predicted octanol–water partition coefficient (Wildman–Crippen LogP) is 0.428. The number of aliphatic carboxylic acids is 1. The summed E-state index contributed by atoms with van der Waals surface area (Å²) in [6, 6.07) is -1.54. The van der Waals surface area contributed by atoms with Crippen LogP contribution in [0.1, 0.15) is 20.3 Å². The Morgan fingerprint density at radius 3 is 2.41 bits per heavy atom. The molecule has 3 N–H and O–H groups in total. The summed E-state index contributed by atoms with van der Waals surface area (Å²) in [7, 11) is 1.49. The van der Waals surface area contributed by atoms with Crippen molar-refractivity contribution in [2.75, 3.05) is 13.6 Å². The molecule has 0 radical (unpaired) electrons. The second-order valence-corrected chi connectivity index (χ2v) is 4.53. The lowest BCUT2D eigenvalue weighted by molar-refractivity contribution is -0.139. The van der Waals surface area contributed by atoms with Crippen LogP contribution in [0.5, 0.6) is 0 Å². The molecular formula is C11H20N2O4. The molecule has 0 aliphatic heterocycles. The van der Waals surface area contributed by atoms with Crippen LogP contribution in [0.4, 0.5) is 4.79 Å². The van der Waals surface area contributed by atoms with Gasteiger partial charge in [0.2, 0.25) is 0 Å². The van der Waals surface area contributed by atoms with Crippen LogP contribution in [0.2, 0.25) is 0 Å². The van der Waals surface area contributed by atoms with Crippen molar-refractivity contribution in [1.82, 2.24) is 10.2 Å². The van der Waals surface area contributed by atoms with Gasteiger partial charge in [0.25, 0.3) is 0 Å². The van der Waals surface area contributed by atoms with E-state index >= 15 is 0 Å². The minimum atomic E-state index is -1.12. The first-order valence-electron chi connectivity index (χ1n) is 5.25. The molecule has 0 aliphatic carbocycles. The van der Waals surface area contributed by atoms with Gasteiger partial charge in [0.05, 0.1) is 12.1 Å². The molecular weight excluding hydrogens is 224 g/mol. The summed E-state index contributed by atoms with van der Waals surface area (Å²) in [6.45, 7) is 6.67. The fourth-order valence-electron chi connectivity index (χ4n) is 1.30. The number of nitrogens with one attached hydrogen (secondary N) is 1. The van der Waals surface area contributed by atoms with Gasteiger partial charge in [-0.25, -0.2) is 9.59 Å². The summed E-state index contributed by atoms with van der Waals surface area (Å²) in [5.41, 5.74) is -1.02. The van der Waals surface area contributed by atoms with Crippen molar-refractivity contribution in [1.29, 1.82) is 0 Å². The molecule has 0 saturated heterocycles. The largest absolute Gasteiger partial charge is 0.480 e. The Labute approximate surface area is 101 Å². The van der Waals surface area contributed by atoms with E-state index in [1.54, 1.807) is 13.8 Å². The number of likely N-dealkylation sites (N-methyl/N-ethyl adjacent to an activating group) is 1. The van der Waals surface area contributed by atoms with E-state index in [1.807, 2.05) is 0 Å². The zero-order valence-electron chi connectivity index (χ0n) is 10.4. The number of carboxylic acid groups (broad SMARTS) is 1. The molecule has 1 atom stereocenters. The van der Waals surface area contributed by atoms with Gasteiger partial charge in [0, 0.05) is 7.05 Å². The van der Waals surface area contributed by atoms with E-state index in [4.69, 9.17) is 5.11 Å². The molecule has 0 heterocycles. The molecule has 1 unspecified atom stereocenters. The molecule has 0 fully saturated rings. The molecule has 2 amide bonds. The highest BCUT2D eigenvalue weighted by molar-refractivity contribution is 5.82. The summed E-state index contributed by atoms with van der Waals surface area (Å²) < 4.78 is 0. The molecule has 0 aromatic rings. The standard InChI is InChI=1S/C11H20N2O4/c1-5-6-8(9(14)15)12-10(16)13(4)7-11(2,3)17/h5,8,17H,1,6-7H2,2-4H3,(H,12,16)(H,14,15). The van der Waals surface area contributed by atoms with Gasteiger partial charge >= 0.3 is 12.0 Å². The molecule has 6 nitrogen and oxygen atoms in total. The number of aliphatic hydroxyl groups is 1. The van der Waals surface area contributed by atoms with E-state index in [1.165, 1.54) is 18.0 Å². The number of carbonyl (C=O) groups is 2. The number of hydrogen-bond donors (Lipinski definition) is 3. The fraction of sp³-hybridized carbons (Fsp3) is 0.636. The lowest BCUT2D eigenvalue weighted by atomic mass is 10.1. The number of rotatable bonds is 6. The Hall–Kier alpha value is -1.56. The lowest BCUT2D eigenvalue weighted by Crippen LogP contribution is -2.49.